The van der Waals surface area contributed by atoms with Gasteiger partial charge in [-0.05, 0) is 5.92 Å². The standard InChI is InChI=1S/C6H10NO/c1-2-5-3-7-4-6(5)8/h4-5,8H,2-3H2,1H3/q-1/p-1. The van der Waals surface area contributed by atoms with E-state index in [0.29, 0.717) is 0 Å². The quantitative estimate of drug-likeness (QED) is 0.488. The molecule has 1 heterocycles. The van der Waals surface area contributed by atoms with Crippen LogP contribution in [0.3, 0.4) is 0 Å². The van der Waals surface area contributed by atoms with Gasteiger partial charge in [0.15, 0.2) is 0 Å². The smallest absolute Gasteiger partial charge is 0.0487 e. The van der Waals surface area contributed by atoms with Crippen LogP contribution in [-0.4, -0.2) is 6.54 Å². The lowest BCUT2D eigenvalue weighted by Crippen LogP contribution is -2.12. The first kappa shape index (κ1) is 5.48. The van der Waals surface area contributed by atoms with Crippen molar-refractivity contribution in [2.75, 3.05) is 6.54 Å². The Morgan fingerprint density at radius 2 is 2.75 bits per heavy atom. The SMILES string of the molecule is CCC1C[N-]C=C1[O-]. The van der Waals surface area contributed by atoms with Crippen molar-refractivity contribution in [1.82, 2.24) is 0 Å². The molecule has 0 saturated carbocycles. The molecule has 1 aliphatic heterocycles. The summed E-state index contributed by atoms with van der Waals surface area (Å²) in [6, 6.07) is 0. The molecule has 0 amide bonds. The highest BCUT2D eigenvalue weighted by Gasteiger charge is 1.99. The summed E-state index contributed by atoms with van der Waals surface area (Å²) in [4.78, 5) is 0. The highest BCUT2D eigenvalue weighted by atomic mass is 16.3. The molecular formula is C6H9NO-2. The van der Waals surface area contributed by atoms with Crippen LogP contribution in [0.1, 0.15) is 13.3 Å². The van der Waals surface area contributed by atoms with Gasteiger partial charge in [-0.15, -0.1) is 6.54 Å². The summed E-state index contributed by atoms with van der Waals surface area (Å²) in [6.45, 7) is 2.73. The molecule has 0 fully saturated rings. The Morgan fingerprint density at radius 1 is 2.00 bits per heavy atom. The molecule has 1 atom stereocenters. The second-order valence-electron chi connectivity index (χ2n) is 2.00. The highest BCUT2D eigenvalue weighted by Crippen LogP contribution is 2.19. The van der Waals surface area contributed by atoms with Gasteiger partial charge in [0.05, 0.1) is 0 Å². The highest BCUT2D eigenvalue weighted by molar-refractivity contribution is 5.16. The summed E-state index contributed by atoms with van der Waals surface area (Å²) in [6.07, 6.45) is 2.37. The average Bonchev–Trinajstić information content (AvgIpc) is 2.14. The van der Waals surface area contributed by atoms with Crippen LogP contribution in [-0.2, 0) is 0 Å². The molecule has 1 rings (SSSR count). The van der Waals surface area contributed by atoms with Crippen LogP contribution in [0.5, 0.6) is 0 Å². The third-order valence-corrected chi connectivity index (χ3v) is 1.44. The van der Waals surface area contributed by atoms with Gasteiger partial charge in [-0.1, -0.05) is 13.3 Å². The van der Waals surface area contributed by atoms with Crippen molar-refractivity contribution in [1.29, 1.82) is 0 Å². The lowest BCUT2D eigenvalue weighted by Gasteiger charge is -2.18. The van der Waals surface area contributed by atoms with Gasteiger partial charge in [-0.25, -0.2) is 0 Å². The van der Waals surface area contributed by atoms with Crippen molar-refractivity contribution in [2.24, 2.45) is 5.92 Å². The number of nitrogens with zero attached hydrogens (tertiary/aromatic N) is 1. The van der Waals surface area contributed by atoms with Gasteiger partial charge >= 0.3 is 0 Å². The zero-order valence-corrected chi connectivity index (χ0v) is 4.92. The normalized spacial score (nSPS) is 27.1. The van der Waals surface area contributed by atoms with Crippen molar-refractivity contribution in [2.45, 2.75) is 13.3 Å². The lowest BCUT2D eigenvalue weighted by atomic mass is 10.1. The summed E-state index contributed by atoms with van der Waals surface area (Å²) < 4.78 is 0. The minimum Gasteiger partial charge on any atom is -0.876 e. The van der Waals surface area contributed by atoms with Crippen LogP contribution in [0.25, 0.3) is 5.32 Å². The van der Waals surface area contributed by atoms with E-state index in [-0.39, 0.29) is 11.7 Å². The van der Waals surface area contributed by atoms with E-state index in [1.54, 1.807) is 0 Å². The molecule has 0 radical (unpaired) electrons. The fourth-order valence-electron chi connectivity index (χ4n) is 0.796. The van der Waals surface area contributed by atoms with Gasteiger partial charge in [0.25, 0.3) is 0 Å². The van der Waals surface area contributed by atoms with Gasteiger partial charge < -0.3 is 10.4 Å². The van der Waals surface area contributed by atoms with E-state index in [1.165, 1.54) is 6.20 Å². The van der Waals surface area contributed by atoms with Crippen molar-refractivity contribution in [3.05, 3.63) is 17.3 Å². The molecule has 8 heavy (non-hydrogen) atoms. The maximum atomic E-state index is 10.7. The summed E-state index contributed by atoms with van der Waals surface area (Å²) >= 11 is 0. The summed E-state index contributed by atoms with van der Waals surface area (Å²) in [7, 11) is 0. The van der Waals surface area contributed by atoms with Gasteiger partial charge in [-0.2, -0.15) is 12.0 Å². The van der Waals surface area contributed by atoms with Crippen LogP contribution in [0.4, 0.5) is 0 Å². The molecule has 2 heteroatoms. The third kappa shape index (κ3) is 0.782. The van der Waals surface area contributed by atoms with E-state index in [2.05, 4.69) is 5.32 Å². The average molecular weight is 111 g/mol. The molecule has 0 saturated heterocycles. The predicted octanol–water partition coefficient (Wildman–Crippen LogP) is 0.602. The van der Waals surface area contributed by atoms with E-state index >= 15 is 0 Å². The fourth-order valence-corrected chi connectivity index (χ4v) is 0.796. The minimum absolute atomic E-state index is 0.201. The molecular weight excluding hydrogens is 102 g/mol. The molecule has 0 aromatic carbocycles. The van der Waals surface area contributed by atoms with Crippen molar-refractivity contribution in [3.8, 4) is 0 Å². The molecule has 0 aromatic rings. The molecule has 1 unspecified atom stereocenters. The molecule has 0 aliphatic carbocycles. The number of hydrogen-bond donors (Lipinski definition) is 0. The van der Waals surface area contributed by atoms with E-state index < -0.39 is 0 Å². The Labute approximate surface area is 49.2 Å². The second kappa shape index (κ2) is 2.07. The molecule has 0 spiro atoms. The zero-order chi connectivity index (χ0) is 5.98. The maximum absolute atomic E-state index is 10.7. The van der Waals surface area contributed by atoms with Crippen LogP contribution in [0.2, 0.25) is 0 Å². The van der Waals surface area contributed by atoms with Crippen LogP contribution in [0, 0.1) is 5.92 Å². The van der Waals surface area contributed by atoms with Gasteiger partial charge in [0.2, 0.25) is 0 Å². The van der Waals surface area contributed by atoms with Gasteiger partial charge in [-0.3, -0.25) is 0 Å². The molecule has 0 bridgehead atoms. The molecule has 2 nitrogen and oxygen atoms in total. The first-order chi connectivity index (χ1) is 3.84. The number of hydrogen-bond acceptors (Lipinski definition) is 1. The molecule has 1 aliphatic rings. The van der Waals surface area contributed by atoms with E-state index in [1.807, 2.05) is 6.92 Å². The van der Waals surface area contributed by atoms with Crippen molar-refractivity contribution in [3.63, 3.8) is 0 Å². The summed E-state index contributed by atoms with van der Waals surface area (Å²) in [5.74, 6) is 0.405. The lowest BCUT2D eigenvalue weighted by molar-refractivity contribution is -0.312. The topological polar surface area (TPSA) is 37.2 Å². The largest absolute Gasteiger partial charge is 0.876 e. The molecule has 46 valence electrons. The second-order valence-corrected chi connectivity index (χ2v) is 2.00. The Balaban J connectivity index is 2.46. The van der Waals surface area contributed by atoms with E-state index in [0.717, 1.165) is 13.0 Å². The third-order valence-electron chi connectivity index (χ3n) is 1.44. The van der Waals surface area contributed by atoms with Crippen molar-refractivity contribution < 1.29 is 5.11 Å². The first-order valence-corrected chi connectivity index (χ1v) is 2.88. The Kier molecular flexibility index (Phi) is 1.42. The van der Waals surface area contributed by atoms with Crippen LogP contribution in [0.15, 0.2) is 12.0 Å². The van der Waals surface area contributed by atoms with Crippen LogP contribution < -0.4 is 5.11 Å². The van der Waals surface area contributed by atoms with E-state index in [9.17, 15) is 5.11 Å². The van der Waals surface area contributed by atoms with Gasteiger partial charge in [0, 0.05) is 0 Å². The maximum Gasteiger partial charge on any atom is -0.0487 e. The Hall–Kier alpha value is -0.660. The minimum atomic E-state index is 0.201. The Morgan fingerprint density at radius 3 is 3.00 bits per heavy atom. The van der Waals surface area contributed by atoms with Crippen molar-refractivity contribution >= 4 is 0 Å². The summed E-state index contributed by atoms with van der Waals surface area (Å²) in [5.41, 5.74) is 0. The van der Waals surface area contributed by atoms with E-state index in [4.69, 9.17) is 0 Å². The fraction of sp³-hybridized carbons (Fsp3) is 0.667. The molecule has 0 aromatic heterocycles. The molecule has 0 N–H and O–H groups in total. The number of rotatable bonds is 1. The predicted molar refractivity (Wildman–Crippen MR) is 30.1 cm³/mol. The first-order valence-electron chi connectivity index (χ1n) is 2.88. The zero-order valence-electron chi connectivity index (χ0n) is 4.92. The summed E-state index contributed by atoms with van der Waals surface area (Å²) in [5, 5.41) is 14.5. The Bertz CT molecular complexity index is 109. The van der Waals surface area contributed by atoms with Crippen LogP contribution >= 0.6 is 0 Å². The monoisotopic (exact) mass is 111 g/mol. The van der Waals surface area contributed by atoms with Gasteiger partial charge in [0.1, 0.15) is 0 Å².